The lowest BCUT2D eigenvalue weighted by atomic mass is 10.0. The van der Waals surface area contributed by atoms with Gasteiger partial charge in [0.25, 0.3) is 0 Å². The third-order valence-corrected chi connectivity index (χ3v) is 3.94. The van der Waals surface area contributed by atoms with Gasteiger partial charge in [-0.15, -0.1) is 0 Å². The molecule has 0 aliphatic carbocycles. The number of hydrogen-bond donors (Lipinski definition) is 1. The highest BCUT2D eigenvalue weighted by Gasteiger charge is 2.02. The average molecular weight is 325 g/mol. The molecule has 2 rings (SSSR count). The number of benzene rings is 2. The summed E-state index contributed by atoms with van der Waals surface area (Å²) in [5.41, 5.74) is 2.55. The molecule has 0 bridgehead atoms. The highest BCUT2D eigenvalue weighted by atomic mass is 16.5. The summed E-state index contributed by atoms with van der Waals surface area (Å²) in [7, 11) is 0. The molecule has 0 radical (unpaired) electrons. The minimum absolute atomic E-state index is 0.0877. The summed E-state index contributed by atoms with van der Waals surface area (Å²) in [6.45, 7) is 5.59. The number of ether oxygens (including phenoxy) is 1. The van der Waals surface area contributed by atoms with Crippen LogP contribution in [0.3, 0.4) is 0 Å². The number of hydrogen-bond acceptors (Lipinski definition) is 2. The van der Waals surface area contributed by atoms with Crippen LogP contribution in [0.25, 0.3) is 0 Å². The molecule has 24 heavy (non-hydrogen) atoms. The van der Waals surface area contributed by atoms with Gasteiger partial charge < -0.3 is 10.1 Å². The maximum atomic E-state index is 11.8. The van der Waals surface area contributed by atoms with Crippen molar-refractivity contribution in [3.05, 3.63) is 65.7 Å². The van der Waals surface area contributed by atoms with E-state index >= 15 is 0 Å². The van der Waals surface area contributed by atoms with Crippen LogP contribution < -0.4 is 10.1 Å². The van der Waals surface area contributed by atoms with Crippen LogP contribution in [0.15, 0.2) is 54.6 Å². The summed E-state index contributed by atoms with van der Waals surface area (Å²) in [4.78, 5) is 11.8. The zero-order valence-corrected chi connectivity index (χ0v) is 14.6. The topological polar surface area (TPSA) is 38.3 Å². The highest BCUT2D eigenvalue weighted by Crippen LogP contribution is 2.18. The first kappa shape index (κ1) is 18.1. The van der Waals surface area contributed by atoms with Crippen LogP contribution in [0.1, 0.15) is 43.7 Å². The van der Waals surface area contributed by atoms with Crippen LogP contribution in [-0.4, -0.2) is 19.1 Å². The summed E-state index contributed by atoms with van der Waals surface area (Å²) < 4.78 is 5.68. The second-order valence-electron chi connectivity index (χ2n) is 6.26. The predicted octanol–water partition coefficient (Wildman–Crippen LogP) is 4.33. The first-order valence-corrected chi connectivity index (χ1v) is 8.68. The second-order valence-corrected chi connectivity index (χ2v) is 6.26. The summed E-state index contributed by atoms with van der Waals surface area (Å²) in [5.74, 6) is 1.48. The molecular weight excluding hydrogens is 298 g/mol. The zero-order valence-electron chi connectivity index (χ0n) is 14.6. The fourth-order valence-electron chi connectivity index (χ4n) is 2.45. The van der Waals surface area contributed by atoms with Crippen LogP contribution in [0.4, 0.5) is 0 Å². The van der Waals surface area contributed by atoms with Crippen molar-refractivity contribution < 1.29 is 9.53 Å². The molecule has 0 saturated heterocycles. The van der Waals surface area contributed by atoms with Gasteiger partial charge >= 0.3 is 0 Å². The number of rotatable bonds is 9. The van der Waals surface area contributed by atoms with Crippen molar-refractivity contribution >= 4 is 5.91 Å². The maximum Gasteiger partial charge on any atom is 0.220 e. The maximum absolute atomic E-state index is 11.8. The summed E-state index contributed by atoms with van der Waals surface area (Å²) in [5, 5.41) is 2.96. The Balaban J connectivity index is 1.57. The molecule has 0 unspecified atom stereocenters. The molecule has 0 aliphatic rings. The van der Waals surface area contributed by atoms with Gasteiger partial charge in [-0.05, 0) is 42.0 Å². The Hall–Kier alpha value is -2.29. The van der Waals surface area contributed by atoms with Gasteiger partial charge in [0.1, 0.15) is 5.75 Å². The molecule has 2 aromatic carbocycles. The van der Waals surface area contributed by atoms with Gasteiger partial charge in [0, 0.05) is 13.0 Å². The summed E-state index contributed by atoms with van der Waals surface area (Å²) >= 11 is 0. The van der Waals surface area contributed by atoms with Gasteiger partial charge in [-0.25, -0.2) is 0 Å². The minimum Gasteiger partial charge on any atom is -0.494 e. The van der Waals surface area contributed by atoms with E-state index in [1.54, 1.807) is 0 Å². The average Bonchev–Trinajstić information content (AvgIpc) is 2.60. The number of amides is 1. The molecule has 2 aromatic rings. The lowest BCUT2D eigenvalue weighted by molar-refractivity contribution is -0.121. The van der Waals surface area contributed by atoms with E-state index in [9.17, 15) is 4.79 Å². The lowest BCUT2D eigenvalue weighted by Gasteiger charge is -2.09. The Morgan fingerprint density at radius 2 is 1.75 bits per heavy atom. The van der Waals surface area contributed by atoms with Gasteiger partial charge in [-0.3, -0.25) is 4.79 Å². The van der Waals surface area contributed by atoms with E-state index in [0.717, 1.165) is 18.6 Å². The lowest BCUT2D eigenvalue weighted by Crippen LogP contribution is -2.25. The largest absolute Gasteiger partial charge is 0.494 e. The van der Waals surface area contributed by atoms with E-state index in [-0.39, 0.29) is 5.91 Å². The molecule has 1 amide bonds. The molecule has 3 nitrogen and oxygen atoms in total. The van der Waals surface area contributed by atoms with Crippen molar-refractivity contribution in [2.24, 2.45) is 0 Å². The summed E-state index contributed by atoms with van der Waals surface area (Å²) in [6, 6.07) is 18.4. The van der Waals surface area contributed by atoms with E-state index in [0.29, 0.717) is 25.5 Å². The van der Waals surface area contributed by atoms with Gasteiger partial charge in [0.05, 0.1) is 6.61 Å². The molecule has 3 heteroatoms. The second kappa shape index (κ2) is 9.76. The number of carbonyl (C=O) groups is 1. The van der Waals surface area contributed by atoms with Crippen molar-refractivity contribution in [3.8, 4) is 5.75 Å². The Morgan fingerprint density at radius 3 is 2.42 bits per heavy atom. The highest BCUT2D eigenvalue weighted by molar-refractivity contribution is 5.75. The first-order valence-electron chi connectivity index (χ1n) is 8.68. The Morgan fingerprint density at radius 1 is 1.04 bits per heavy atom. The third-order valence-electron chi connectivity index (χ3n) is 3.94. The fourth-order valence-corrected chi connectivity index (χ4v) is 2.45. The molecule has 0 heterocycles. The number of carbonyl (C=O) groups excluding carboxylic acids is 1. The first-order chi connectivity index (χ1) is 11.6. The summed E-state index contributed by atoms with van der Waals surface area (Å²) in [6.07, 6.45) is 2.09. The SMILES string of the molecule is CC(C)c1ccc(OCCCC(=O)NCCc2ccccc2)cc1. The molecule has 0 atom stereocenters. The van der Waals surface area contributed by atoms with Crippen LogP contribution in [0, 0.1) is 0 Å². The van der Waals surface area contributed by atoms with E-state index in [1.165, 1.54) is 11.1 Å². The Labute approximate surface area is 145 Å². The van der Waals surface area contributed by atoms with Crippen molar-refractivity contribution in [1.29, 1.82) is 0 Å². The smallest absolute Gasteiger partial charge is 0.220 e. The van der Waals surface area contributed by atoms with Gasteiger partial charge in [-0.2, -0.15) is 0 Å². The molecule has 0 saturated carbocycles. The van der Waals surface area contributed by atoms with Crippen LogP contribution in [0.5, 0.6) is 5.75 Å². The van der Waals surface area contributed by atoms with Gasteiger partial charge in [0.15, 0.2) is 0 Å². The minimum atomic E-state index is 0.0877. The number of nitrogens with one attached hydrogen (secondary N) is 1. The molecule has 0 fully saturated rings. The molecule has 1 N–H and O–H groups in total. The quantitative estimate of drug-likeness (QED) is 0.697. The van der Waals surface area contributed by atoms with Crippen molar-refractivity contribution in [2.45, 2.75) is 39.0 Å². The van der Waals surface area contributed by atoms with Crippen molar-refractivity contribution in [1.82, 2.24) is 5.32 Å². The molecule has 0 aromatic heterocycles. The van der Waals surface area contributed by atoms with E-state index in [4.69, 9.17) is 4.74 Å². The van der Waals surface area contributed by atoms with Crippen LogP contribution >= 0.6 is 0 Å². The predicted molar refractivity (Wildman–Crippen MR) is 98.4 cm³/mol. The van der Waals surface area contributed by atoms with Crippen LogP contribution in [0.2, 0.25) is 0 Å². The normalized spacial score (nSPS) is 10.6. The van der Waals surface area contributed by atoms with Crippen molar-refractivity contribution in [3.63, 3.8) is 0 Å². The molecular formula is C21H27NO2. The van der Waals surface area contributed by atoms with Gasteiger partial charge in [0.2, 0.25) is 5.91 Å². The molecule has 0 aliphatic heterocycles. The Bertz CT molecular complexity index is 605. The standard InChI is InChI=1S/C21H27NO2/c1-17(2)19-10-12-20(13-11-19)24-16-6-9-21(23)22-15-14-18-7-4-3-5-8-18/h3-5,7-8,10-13,17H,6,9,14-16H2,1-2H3,(H,22,23). The monoisotopic (exact) mass is 325 g/mol. The molecule has 128 valence electrons. The van der Waals surface area contributed by atoms with E-state index < -0.39 is 0 Å². The molecule has 0 spiro atoms. The van der Waals surface area contributed by atoms with Crippen molar-refractivity contribution in [2.75, 3.05) is 13.2 Å². The fraction of sp³-hybridized carbons (Fsp3) is 0.381. The van der Waals surface area contributed by atoms with Gasteiger partial charge in [-0.1, -0.05) is 56.3 Å². The van der Waals surface area contributed by atoms with E-state index in [1.807, 2.05) is 30.3 Å². The van der Waals surface area contributed by atoms with E-state index in [2.05, 4.69) is 43.4 Å². The van der Waals surface area contributed by atoms with Crippen LogP contribution in [-0.2, 0) is 11.2 Å². The zero-order chi connectivity index (χ0) is 17.2. The Kier molecular flexibility index (Phi) is 7.34. The third kappa shape index (κ3) is 6.45.